The van der Waals surface area contributed by atoms with Crippen molar-refractivity contribution < 1.29 is 33.2 Å². The van der Waals surface area contributed by atoms with E-state index in [1.54, 1.807) is 18.7 Å². The second kappa shape index (κ2) is 13.4. The molecule has 2 saturated heterocycles. The molecule has 0 bridgehead atoms. The van der Waals surface area contributed by atoms with E-state index in [4.69, 9.17) is 4.74 Å². The number of aryl methyl sites for hydroxylation is 1. The van der Waals surface area contributed by atoms with Crippen LogP contribution in [0.1, 0.15) is 51.5 Å². The van der Waals surface area contributed by atoms with Gasteiger partial charge in [0.1, 0.15) is 18.2 Å². The van der Waals surface area contributed by atoms with Crippen molar-refractivity contribution in [2.75, 3.05) is 26.2 Å². The molecule has 2 aliphatic heterocycles. The van der Waals surface area contributed by atoms with Gasteiger partial charge in [-0.2, -0.15) is 5.26 Å². The molecule has 0 spiro atoms. The lowest BCUT2D eigenvalue weighted by atomic mass is 9.76. The summed E-state index contributed by atoms with van der Waals surface area (Å²) in [6.45, 7) is 3.35. The Balaban J connectivity index is 1.60. The van der Waals surface area contributed by atoms with Crippen molar-refractivity contribution in [1.82, 2.24) is 15.1 Å². The van der Waals surface area contributed by atoms with Gasteiger partial charge in [0.25, 0.3) is 11.8 Å². The number of nitriles is 1. The summed E-state index contributed by atoms with van der Waals surface area (Å²) in [5.74, 6) is -4.28. The van der Waals surface area contributed by atoms with Crippen molar-refractivity contribution in [3.05, 3.63) is 47.5 Å². The number of hydrogen-bond acceptors (Lipinski definition) is 7. The zero-order chi connectivity index (χ0) is 28.6. The number of hydrogen-bond donors (Lipinski definition) is 3. The summed E-state index contributed by atoms with van der Waals surface area (Å²) >= 11 is 0. The maximum Gasteiger partial charge on any atom is 0.475 e. The number of carbonyl (C=O) groups excluding carboxylic acids is 2. The molecule has 0 aliphatic carbocycles. The standard InChI is InChI=1S/C27H37BF2N4O5/c1-26(2,33-15-13-27(29,30)19-33)16-21(17-31)24(35)34-14-7-6-10-22(34)18-39-25(36)32-23(28(37)38)12-11-20-8-4-3-5-9-20/h3-5,8-9,16,22-23,37-38H,6-7,10-15,18-19H2,1-2H3,(H,32,36)/t22-,23+/m1/s1. The molecule has 1 aromatic rings. The predicted molar refractivity (Wildman–Crippen MR) is 141 cm³/mol. The summed E-state index contributed by atoms with van der Waals surface area (Å²) in [4.78, 5) is 28.9. The van der Waals surface area contributed by atoms with Crippen molar-refractivity contribution in [2.45, 2.75) is 75.8 Å². The summed E-state index contributed by atoms with van der Waals surface area (Å²) < 4.78 is 32.9. The highest BCUT2D eigenvalue weighted by molar-refractivity contribution is 6.43. The molecule has 2 aliphatic rings. The number of carbonyl (C=O) groups is 2. The second-order valence-corrected chi connectivity index (χ2v) is 10.8. The smallest absolute Gasteiger partial charge is 0.447 e. The van der Waals surface area contributed by atoms with E-state index < -0.39 is 49.1 Å². The van der Waals surface area contributed by atoms with Gasteiger partial charge in [-0.25, -0.2) is 13.6 Å². The van der Waals surface area contributed by atoms with Crippen molar-refractivity contribution in [3.63, 3.8) is 0 Å². The van der Waals surface area contributed by atoms with Crippen molar-refractivity contribution in [1.29, 1.82) is 5.26 Å². The van der Waals surface area contributed by atoms with Crippen LogP contribution in [0.2, 0.25) is 0 Å². The van der Waals surface area contributed by atoms with Crippen LogP contribution in [0.15, 0.2) is 42.0 Å². The first kappa shape index (κ1) is 30.5. The van der Waals surface area contributed by atoms with E-state index in [2.05, 4.69) is 5.32 Å². The van der Waals surface area contributed by atoms with Crippen LogP contribution >= 0.6 is 0 Å². The molecule has 3 rings (SSSR count). The Hall–Kier alpha value is -3.01. The van der Waals surface area contributed by atoms with E-state index >= 15 is 0 Å². The van der Waals surface area contributed by atoms with Gasteiger partial charge in [0.05, 0.1) is 18.5 Å². The lowest BCUT2D eigenvalue weighted by molar-refractivity contribution is -0.131. The van der Waals surface area contributed by atoms with E-state index in [0.29, 0.717) is 25.8 Å². The van der Waals surface area contributed by atoms with Crippen LogP contribution in [0.5, 0.6) is 0 Å². The molecular formula is C27H37BF2N4O5. The molecule has 2 atom stereocenters. The monoisotopic (exact) mass is 546 g/mol. The van der Waals surface area contributed by atoms with Gasteiger partial charge >= 0.3 is 13.2 Å². The van der Waals surface area contributed by atoms with Crippen LogP contribution in [-0.4, -0.2) is 88.7 Å². The molecule has 0 saturated carbocycles. The predicted octanol–water partition coefficient (Wildman–Crippen LogP) is 2.68. The fourth-order valence-corrected chi connectivity index (χ4v) is 5.04. The van der Waals surface area contributed by atoms with Crippen molar-refractivity contribution >= 4 is 19.1 Å². The lowest BCUT2D eigenvalue weighted by Crippen LogP contribution is -2.50. The Morgan fingerprint density at radius 2 is 2.00 bits per heavy atom. The molecular weight excluding hydrogens is 509 g/mol. The first-order valence-corrected chi connectivity index (χ1v) is 13.3. The average Bonchev–Trinajstić information content (AvgIpc) is 3.29. The fraction of sp³-hybridized carbons (Fsp3) is 0.593. The number of alkyl carbamates (subject to hydrolysis) is 1. The number of nitrogens with zero attached hydrogens (tertiary/aromatic N) is 3. The molecule has 3 N–H and O–H groups in total. The van der Waals surface area contributed by atoms with E-state index in [-0.39, 0.29) is 31.6 Å². The largest absolute Gasteiger partial charge is 0.475 e. The molecule has 212 valence electrons. The Morgan fingerprint density at radius 1 is 1.28 bits per heavy atom. The summed E-state index contributed by atoms with van der Waals surface area (Å²) in [7, 11) is -1.78. The summed E-state index contributed by atoms with van der Waals surface area (Å²) in [5.41, 5.74) is -0.0871. The van der Waals surface area contributed by atoms with Crippen LogP contribution in [0.4, 0.5) is 13.6 Å². The average molecular weight is 546 g/mol. The second-order valence-electron chi connectivity index (χ2n) is 10.8. The van der Waals surface area contributed by atoms with E-state index in [0.717, 1.165) is 12.0 Å². The van der Waals surface area contributed by atoms with Gasteiger partial charge in [-0.05, 0) is 57.6 Å². The number of benzene rings is 1. The van der Waals surface area contributed by atoms with Crippen molar-refractivity contribution in [2.24, 2.45) is 0 Å². The quantitative estimate of drug-likeness (QED) is 0.234. The molecule has 0 aromatic heterocycles. The van der Waals surface area contributed by atoms with Gasteiger partial charge in [0.15, 0.2) is 0 Å². The summed E-state index contributed by atoms with van der Waals surface area (Å²) in [6.07, 6.45) is 3.19. The number of nitrogens with one attached hydrogen (secondary N) is 1. The third-order valence-corrected chi connectivity index (χ3v) is 7.38. The number of ether oxygens (including phenoxy) is 1. The molecule has 12 heteroatoms. The number of alkyl halides is 2. The first-order chi connectivity index (χ1) is 18.4. The molecule has 2 fully saturated rings. The minimum atomic E-state index is -2.80. The molecule has 2 amide bonds. The van der Waals surface area contributed by atoms with Gasteiger partial charge in [-0.1, -0.05) is 30.3 Å². The van der Waals surface area contributed by atoms with Crippen LogP contribution in [0.3, 0.4) is 0 Å². The normalized spacial score (nSPS) is 20.7. The highest BCUT2D eigenvalue weighted by Gasteiger charge is 2.43. The molecule has 0 radical (unpaired) electrons. The topological polar surface area (TPSA) is 126 Å². The van der Waals surface area contributed by atoms with Crippen LogP contribution < -0.4 is 5.32 Å². The molecule has 9 nitrogen and oxygen atoms in total. The fourth-order valence-electron chi connectivity index (χ4n) is 5.04. The van der Waals surface area contributed by atoms with Gasteiger partial charge in [-0.15, -0.1) is 0 Å². The highest BCUT2D eigenvalue weighted by Crippen LogP contribution is 2.33. The molecule has 2 heterocycles. The Morgan fingerprint density at radius 3 is 2.62 bits per heavy atom. The van der Waals surface area contributed by atoms with E-state index in [9.17, 15) is 33.7 Å². The summed E-state index contributed by atoms with van der Waals surface area (Å²) in [5, 5.41) is 31.6. The molecule has 39 heavy (non-hydrogen) atoms. The zero-order valence-electron chi connectivity index (χ0n) is 22.5. The lowest BCUT2D eigenvalue weighted by Gasteiger charge is -2.36. The van der Waals surface area contributed by atoms with Gasteiger partial charge in [-0.3, -0.25) is 9.69 Å². The summed E-state index contributed by atoms with van der Waals surface area (Å²) in [6, 6.07) is 10.9. The minimum Gasteiger partial charge on any atom is -0.447 e. The van der Waals surface area contributed by atoms with Gasteiger partial charge in [0, 0.05) is 25.0 Å². The van der Waals surface area contributed by atoms with E-state index in [1.807, 2.05) is 36.4 Å². The third kappa shape index (κ3) is 8.75. The number of piperidine rings is 1. The minimum absolute atomic E-state index is 0.134. The maximum absolute atomic E-state index is 13.8. The van der Waals surface area contributed by atoms with Crippen LogP contribution in [0, 0.1) is 11.3 Å². The van der Waals surface area contributed by atoms with Crippen LogP contribution in [-0.2, 0) is 16.0 Å². The first-order valence-electron chi connectivity index (χ1n) is 13.3. The number of rotatable bonds is 10. The Bertz CT molecular complexity index is 1060. The molecule has 0 unspecified atom stereocenters. The maximum atomic E-state index is 13.8. The van der Waals surface area contributed by atoms with Gasteiger partial charge < -0.3 is 25.0 Å². The number of amides is 2. The number of halogens is 2. The van der Waals surface area contributed by atoms with Gasteiger partial charge in [0.2, 0.25) is 0 Å². The van der Waals surface area contributed by atoms with Crippen molar-refractivity contribution in [3.8, 4) is 6.07 Å². The SMILES string of the molecule is CC(C)(C=C(C#N)C(=O)N1CCCC[C@@H]1COC(=O)N[C@@H](CCc1ccccc1)B(O)O)N1CCC(F)(F)C1. The third-order valence-electron chi connectivity index (χ3n) is 7.38. The molecule has 1 aromatic carbocycles. The number of likely N-dealkylation sites (tertiary alicyclic amines) is 2. The zero-order valence-corrected chi connectivity index (χ0v) is 22.5. The van der Waals surface area contributed by atoms with E-state index in [1.165, 1.54) is 11.0 Å². The Kier molecular flexibility index (Phi) is 10.5. The Labute approximate surface area is 228 Å². The highest BCUT2D eigenvalue weighted by atomic mass is 19.3. The van der Waals surface area contributed by atoms with Crippen LogP contribution in [0.25, 0.3) is 0 Å².